The van der Waals surface area contributed by atoms with Crippen LogP contribution in [0.2, 0.25) is 0 Å². The summed E-state index contributed by atoms with van der Waals surface area (Å²) < 4.78 is 12.9. The fraction of sp³-hybridized carbons (Fsp3) is 0.900. The summed E-state index contributed by atoms with van der Waals surface area (Å²) in [5, 5.41) is 37.4. The lowest BCUT2D eigenvalue weighted by atomic mass is 9.43. The molecule has 4 aliphatic rings. The molecular formula is C40H76BN7O8. The van der Waals surface area contributed by atoms with Crippen molar-refractivity contribution in [2.75, 3.05) is 32.8 Å². The van der Waals surface area contributed by atoms with E-state index in [0.717, 1.165) is 25.8 Å². The predicted molar refractivity (Wildman–Crippen MR) is 218 cm³/mol. The highest BCUT2D eigenvalue weighted by molar-refractivity contribution is 6.47. The molecular weight excluding hydrogens is 717 g/mol. The largest absolute Gasteiger partial charge is 0.481 e. The average molecular weight is 794 g/mol. The Morgan fingerprint density at radius 3 is 2.07 bits per heavy atom. The molecule has 322 valence electrons. The minimum absolute atomic E-state index is 0.0364. The zero-order valence-electron chi connectivity index (χ0n) is 35.4. The zero-order chi connectivity index (χ0) is 41.5. The van der Waals surface area contributed by atoms with E-state index in [9.17, 15) is 29.4 Å². The van der Waals surface area contributed by atoms with Gasteiger partial charge in [0.05, 0.1) is 30.4 Å². The van der Waals surface area contributed by atoms with Crippen LogP contribution in [-0.2, 0) is 28.5 Å². The summed E-state index contributed by atoms with van der Waals surface area (Å²) in [6.45, 7) is 15.3. The van der Waals surface area contributed by atoms with Gasteiger partial charge >= 0.3 is 7.12 Å². The first-order valence-electron chi connectivity index (χ1n) is 21.6. The number of aliphatic hydroxyl groups is 2. The van der Waals surface area contributed by atoms with Crippen molar-refractivity contribution in [3.8, 4) is 0 Å². The molecule has 1 aliphatic heterocycles. The van der Waals surface area contributed by atoms with Crippen LogP contribution in [0.4, 0.5) is 0 Å². The van der Waals surface area contributed by atoms with Crippen LogP contribution in [0.15, 0.2) is 0 Å². The van der Waals surface area contributed by atoms with Crippen LogP contribution in [-0.4, -0.2) is 122 Å². The monoisotopic (exact) mass is 794 g/mol. The van der Waals surface area contributed by atoms with Crippen molar-refractivity contribution in [2.24, 2.45) is 23.0 Å². The normalized spacial score (nSPS) is 25.5. The van der Waals surface area contributed by atoms with Crippen molar-refractivity contribution in [2.45, 2.75) is 180 Å². The van der Waals surface area contributed by atoms with Gasteiger partial charge in [-0.25, -0.2) is 0 Å². The van der Waals surface area contributed by atoms with Crippen molar-refractivity contribution in [1.29, 1.82) is 0 Å². The number of aliphatic hydroxyl groups excluding tert-OH is 2. The highest BCUT2D eigenvalue weighted by Crippen LogP contribution is 2.65. The molecule has 0 radical (unpaired) electrons. The molecule has 0 aromatic rings. The second-order valence-electron chi connectivity index (χ2n) is 17.4. The molecule has 1 heterocycles. The number of nitrogens with one attached hydrogen (secondary N) is 6. The maximum Gasteiger partial charge on any atom is 0.481 e. The molecule has 4 fully saturated rings. The zero-order valence-corrected chi connectivity index (χ0v) is 35.4. The summed E-state index contributed by atoms with van der Waals surface area (Å²) in [6.07, 6.45) is 12.2. The standard InChI is InChI=1S/C40H76BN7O8/c1-8-9-10-11-12-13-14-17-20-43-21-22-44-31(25-49)37(53)48-34(27(3)50)38(54)45-26(2)35(51)47-30(18-15-16-19-42)36(52)46-28(4)41-55-33-24-29-23-32(39(29,5)6)40(33,7)56-41/h26-34,43-44,49-50H,8-25,42H2,1-7H3,(H,45,54)(H,46,52)(H,47,51)(H,48,53). The number of carbonyl (C=O) groups excluding carboxylic acids is 4. The Kier molecular flexibility index (Phi) is 20.0. The van der Waals surface area contributed by atoms with E-state index in [4.69, 9.17) is 15.0 Å². The van der Waals surface area contributed by atoms with E-state index in [0.29, 0.717) is 50.7 Å². The Labute approximate surface area is 336 Å². The minimum Gasteiger partial charge on any atom is -0.404 e. The Hall–Kier alpha value is -2.34. The molecule has 3 saturated carbocycles. The van der Waals surface area contributed by atoms with Crippen molar-refractivity contribution >= 4 is 30.7 Å². The van der Waals surface area contributed by atoms with Crippen LogP contribution in [0.1, 0.15) is 132 Å². The van der Waals surface area contributed by atoms with Crippen LogP contribution in [0.5, 0.6) is 0 Å². The van der Waals surface area contributed by atoms with Crippen LogP contribution in [0.3, 0.4) is 0 Å². The first kappa shape index (κ1) is 48.0. The highest BCUT2D eigenvalue weighted by atomic mass is 16.7. The third kappa shape index (κ3) is 13.4. The number of unbranched alkanes of at least 4 members (excludes halogenated alkanes) is 8. The van der Waals surface area contributed by atoms with E-state index < -0.39 is 79.2 Å². The Morgan fingerprint density at radius 1 is 0.786 bits per heavy atom. The van der Waals surface area contributed by atoms with Crippen molar-refractivity contribution in [1.82, 2.24) is 31.9 Å². The summed E-state index contributed by atoms with van der Waals surface area (Å²) >= 11 is 0. The maximum absolute atomic E-state index is 13.6. The van der Waals surface area contributed by atoms with Crippen LogP contribution < -0.4 is 37.6 Å². The van der Waals surface area contributed by atoms with Crippen LogP contribution in [0, 0.1) is 17.3 Å². The fourth-order valence-electron chi connectivity index (χ4n) is 8.68. The SMILES string of the molecule is CCCCCCCCCCNCCNC(CO)C(=O)NC(C(=O)NC(C)C(=O)NC(CCCCN)C(=O)NC(C)B1OC2CC3CC(C3(C)C)C2(C)O1)C(C)O. The van der Waals surface area contributed by atoms with Gasteiger partial charge in [-0.1, -0.05) is 65.7 Å². The van der Waals surface area contributed by atoms with Crippen molar-refractivity contribution in [3.63, 3.8) is 0 Å². The van der Waals surface area contributed by atoms with Gasteiger partial charge in [0.25, 0.3) is 0 Å². The van der Waals surface area contributed by atoms with Gasteiger partial charge in [0.15, 0.2) is 0 Å². The van der Waals surface area contributed by atoms with Gasteiger partial charge in [-0.2, -0.15) is 0 Å². The van der Waals surface area contributed by atoms with E-state index in [1.54, 1.807) is 0 Å². The Balaban J connectivity index is 1.45. The number of hydrogen-bond acceptors (Lipinski definition) is 11. The van der Waals surface area contributed by atoms with Gasteiger partial charge in [-0.3, -0.25) is 19.2 Å². The fourth-order valence-corrected chi connectivity index (χ4v) is 8.68. The van der Waals surface area contributed by atoms with Crippen molar-refractivity contribution in [3.05, 3.63) is 0 Å². The molecule has 10 N–H and O–H groups in total. The van der Waals surface area contributed by atoms with E-state index >= 15 is 0 Å². The second kappa shape index (κ2) is 23.3. The van der Waals surface area contributed by atoms with Crippen molar-refractivity contribution < 1.29 is 38.7 Å². The lowest BCUT2D eigenvalue weighted by Crippen LogP contribution is -2.65. The maximum atomic E-state index is 13.6. The van der Waals surface area contributed by atoms with Crippen LogP contribution in [0.25, 0.3) is 0 Å². The van der Waals surface area contributed by atoms with E-state index in [2.05, 4.69) is 59.6 Å². The van der Waals surface area contributed by atoms with E-state index in [1.807, 2.05) is 6.92 Å². The number of carbonyl (C=O) groups is 4. The van der Waals surface area contributed by atoms with E-state index in [-0.39, 0.29) is 11.5 Å². The van der Waals surface area contributed by atoms with Crippen LogP contribution >= 0.6 is 0 Å². The molecule has 0 aromatic carbocycles. The first-order valence-corrected chi connectivity index (χ1v) is 21.6. The average Bonchev–Trinajstić information content (AvgIpc) is 3.52. The molecule has 4 rings (SSSR count). The summed E-state index contributed by atoms with van der Waals surface area (Å²) in [5.74, 6) is -1.98. The smallest absolute Gasteiger partial charge is 0.404 e. The highest BCUT2D eigenvalue weighted by Gasteiger charge is 2.68. The molecule has 3 aliphatic carbocycles. The van der Waals surface area contributed by atoms with Gasteiger partial charge in [-0.15, -0.1) is 0 Å². The summed E-state index contributed by atoms with van der Waals surface area (Å²) in [5.41, 5.74) is 5.47. The minimum atomic E-state index is -1.40. The lowest BCUT2D eigenvalue weighted by Gasteiger charge is -2.64. The lowest BCUT2D eigenvalue weighted by molar-refractivity contribution is -0.199. The molecule has 0 aromatic heterocycles. The molecule has 15 nitrogen and oxygen atoms in total. The third-order valence-corrected chi connectivity index (χ3v) is 12.5. The number of amides is 4. The summed E-state index contributed by atoms with van der Waals surface area (Å²) in [4.78, 5) is 53.2. The third-order valence-electron chi connectivity index (χ3n) is 12.5. The van der Waals surface area contributed by atoms with Gasteiger partial charge in [0.2, 0.25) is 23.6 Å². The van der Waals surface area contributed by atoms with Gasteiger partial charge in [0.1, 0.15) is 24.2 Å². The second-order valence-corrected chi connectivity index (χ2v) is 17.4. The number of nitrogens with two attached hydrogens (primary N) is 1. The number of hydrogen-bond donors (Lipinski definition) is 9. The molecule has 2 bridgehead atoms. The molecule has 16 heteroatoms. The molecule has 1 saturated heterocycles. The summed E-state index contributed by atoms with van der Waals surface area (Å²) in [7, 11) is -0.628. The quantitative estimate of drug-likeness (QED) is 0.0407. The molecule has 56 heavy (non-hydrogen) atoms. The topological polar surface area (TPSA) is 225 Å². The first-order chi connectivity index (χ1) is 26.6. The Bertz CT molecular complexity index is 1250. The predicted octanol–water partition coefficient (Wildman–Crippen LogP) is 1.42. The van der Waals surface area contributed by atoms with Gasteiger partial charge in [-0.05, 0) is 96.6 Å². The molecule has 0 spiro atoms. The molecule has 10 unspecified atom stereocenters. The molecule has 4 amide bonds. The summed E-state index contributed by atoms with van der Waals surface area (Å²) in [6, 6.07) is -4.43. The van der Waals surface area contributed by atoms with Gasteiger partial charge < -0.3 is 57.2 Å². The van der Waals surface area contributed by atoms with E-state index in [1.165, 1.54) is 58.8 Å². The molecule has 10 atom stereocenters. The number of rotatable bonds is 28. The Morgan fingerprint density at radius 2 is 1.45 bits per heavy atom. The van der Waals surface area contributed by atoms with Gasteiger partial charge in [0, 0.05) is 13.1 Å².